The van der Waals surface area contributed by atoms with Gasteiger partial charge < -0.3 is 10.0 Å². The molecule has 1 unspecified atom stereocenters. The Hall–Kier alpha value is -1.23. The topological polar surface area (TPSA) is 23.5 Å². The van der Waals surface area contributed by atoms with Gasteiger partial charge in [0, 0.05) is 18.8 Å². The summed E-state index contributed by atoms with van der Waals surface area (Å²) in [6.45, 7) is 2.50. The van der Waals surface area contributed by atoms with Crippen LogP contribution in [0.25, 0.3) is 0 Å². The van der Waals surface area contributed by atoms with E-state index >= 15 is 0 Å². The van der Waals surface area contributed by atoms with Gasteiger partial charge in [-0.3, -0.25) is 0 Å². The van der Waals surface area contributed by atoms with Gasteiger partial charge in [0.15, 0.2) is 0 Å². The summed E-state index contributed by atoms with van der Waals surface area (Å²) >= 11 is 0. The first-order valence-electron chi connectivity index (χ1n) is 6.44. The summed E-state index contributed by atoms with van der Waals surface area (Å²) in [6, 6.07) is 5.42. The van der Waals surface area contributed by atoms with Crippen molar-refractivity contribution in [2.24, 2.45) is 5.92 Å². The molecule has 1 aromatic carbocycles. The van der Waals surface area contributed by atoms with Gasteiger partial charge in [-0.05, 0) is 43.0 Å². The molecule has 5 heteroatoms. The van der Waals surface area contributed by atoms with E-state index in [2.05, 4.69) is 0 Å². The van der Waals surface area contributed by atoms with Crippen molar-refractivity contribution >= 4 is 5.69 Å². The van der Waals surface area contributed by atoms with Gasteiger partial charge in [0.2, 0.25) is 0 Å². The van der Waals surface area contributed by atoms with E-state index < -0.39 is 12.1 Å². The number of hydrogen-bond acceptors (Lipinski definition) is 2. The number of aliphatic hydroxyl groups excluding tert-OH is 1. The third kappa shape index (κ3) is 3.21. The van der Waals surface area contributed by atoms with E-state index in [-0.39, 0.29) is 19.6 Å². The summed E-state index contributed by atoms with van der Waals surface area (Å²) in [5.74, 6) is -1.24. The van der Waals surface area contributed by atoms with Gasteiger partial charge in [-0.25, -0.2) is 0 Å². The summed E-state index contributed by atoms with van der Waals surface area (Å²) in [5.41, 5.74) is 2.53. The van der Waals surface area contributed by atoms with Crippen LogP contribution in [0.3, 0.4) is 0 Å². The highest BCUT2D eigenvalue weighted by Gasteiger charge is 2.41. The zero-order valence-electron chi connectivity index (χ0n) is 10.9. The molecule has 1 aliphatic heterocycles. The van der Waals surface area contributed by atoms with Crippen molar-refractivity contribution in [2.75, 3.05) is 18.0 Å². The van der Waals surface area contributed by atoms with E-state index in [0.717, 1.165) is 16.8 Å². The summed E-state index contributed by atoms with van der Waals surface area (Å²) in [4.78, 5) is 1.79. The van der Waals surface area contributed by atoms with E-state index in [9.17, 15) is 13.2 Å². The SMILES string of the molecule is Cc1cc(N2CCCC(C(F)(F)F)C2)ccc1CO. The predicted molar refractivity (Wildman–Crippen MR) is 68.1 cm³/mol. The Labute approximate surface area is 110 Å². The first-order valence-corrected chi connectivity index (χ1v) is 6.44. The molecule has 0 aliphatic carbocycles. The summed E-state index contributed by atoms with van der Waals surface area (Å²) in [7, 11) is 0. The third-order valence-electron chi connectivity index (χ3n) is 3.75. The van der Waals surface area contributed by atoms with Gasteiger partial charge in [-0.15, -0.1) is 0 Å². The average molecular weight is 273 g/mol. The lowest BCUT2D eigenvalue weighted by molar-refractivity contribution is -0.175. The minimum Gasteiger partial charge on any atom is -0.392 e. The van der Waals surface area contributed by atoms with Crippen LogP contribution in [0.5, 0.6) is 0 Å². The van der Waals surface area contributed by atoms with Crippen LogP contribution in [0.4, 0.5) is 18.9 Å². The van der Waals surface area contributed by atoms with Crippen molar-refractivity contribution in [3.05, 3.63) is 29.3 Å². The maximum Gasteiger partial charge on any atom is 0.393 e. The largest absolute Gasteiger partial charge is 0.393 e. The van der Waals surface area contributed by atoms with Crippen molar-refractivity contribution in [3.8, 4) is 0 Å². The molecule has 1 atom stereocenters. The van der Waals surface area contributed by atoms with E-state index in [0.29, 0.717) is 13.0 Å². The van der Waals surface area contributed by atoms with Gasteiger partial charge in [-0.1, -0.05) is 6.07 Å². The molecule has 1 heterocycles. The van der Waals surface area contributed by atoms with Gasteiger partial charge in [0.05, 0.1) is 12.5 Å². The minimum absolute atomic E-state index is 0.0292. The lowest BCUT2D eigenvalue weighted by atomic mass is 9.96. The van der Waals surface area contributed by atoms with Crippen LogP contribution in [0.15, 0.2) is 18.2 Å². The Morgan fingerprint density at radius 2 is 2.11 bits per heavy atom. The molecule has 1 fully saturated rings. The Balaban J connectivity index is 2.15. The number of alkyl halides is 3. The number of benzene rings is 1. The summed E-state index contributed by atoms with van der Waals surface area (Å²) in [5, 5.41) is 9.11. The number of rotatable bonds is 2. The highest BCUT2D eigenvalue weighted by Crippen LogP contribution is 2.35. The van der Waals surface area contributed by atoms with Crippen molar-refractivity contribution in [3.63, 3.8) is 0 Å². The second-order valence-electron chi connectivity index (χ2n) is 5.10. The molecular formula is C14H18F3NO. The second-order valence-corrected chi connectivity index (χ2v) is 5.10. The van der Waals surface area contributed by atoms with Crippen molar-refractivity contribution in [2.45, 2.75) is 32.5 Å². The molecule has 1 saturated heterocycles. The molecule has 0 bridgehead atoms. The molecule has 1 N–H and O–H groups in total. The molecular weight excluding hydrogens is 255 g/mol. The lowest BCUT2D eigenvalue weighted by Crippen LogP contribution is -2.41. The molecule has 1 aliphatic rings. The fourth-order valence-electron chi connectivity index (χ4n) is 2.53. The molecule has 0 radical (unpaired) electrons. The zero-order chi connectivity index (χ0) is 14.0. The van der Waals surface area contributed by atoms with Crippen LogP contribution in [-0.2, 0) is 6.61 Å². The molecule has 0 saturated carbocycles. The minimum atomic E-state index is -4.11. The molecule has 0 spiro atoms. The van der Waals surface area contributed by atoms with Gasteiger partial charge in [-0.2, -0.15) is 13.2 Å². The average Bonchev–Trinajstić information content (AvgIpc) is 2.38. The number of aliphatic hydroxyl groups is 1. The van der Waals surface area contributed by atoms with Crippen LogP contribution in [0.1, 0.15) is 24.0 Å². The van der Waals surface area contributed by atoms with Crippen molar-refractivity contribution in [1.82, 2.24) is 0 Å². The second kappa shape index (κ2) is 5.41. The fourth-order valence-corrected chi connectivity index (χ4v) is 2.53. The van der Waals surface area contributed by atoms with E-state index in [1.54, 1.807) is 17.0 Å². The maximum absolute atomic E-state index is 12.8. The van der Waals surface area contributed by atoms with E-state index in [1.807, 2.05) is 13.0 Å². The lowest BCUT2D eigenvalue weighted by Gasteiger charge is -2.35. The molecule has 1 aromatic rings. The van der Waals surface area contributed by atoms with Gasteiger partial charge >= 0.3 is 6.18 Å². The Bertz CT molecular complexity index is 445. The first kappa shape index (κ1) is 14.2. The predicted octanol–water partition coefficient (Wildman–Crippen LogP) is 3.27. The first-order chi connectivity index (χ1) is 8.91. The molecule has 2 nitrogen and oxygen atoms in total. The van der Waals surface area contributed by atoms with Crippen LogP contribution in [-0.4, -0.2) is 24.4 Å². The van der Waals surface area contributed by atoms with E-state index in [4.69, 9.17) is 5.11 Å². The zero-order valence-corrected chi connectivity index (χ0v) is 10.9. The highest BCUT2D eigenvalue weighted by molar-refractivity contribution is 5.51. The molecule has 106 valence electrons. The Morgan fingerprint density at radius 1 is 1.37 bits per heavy atom. The van der Waals surface area contributed by atoms with Gasteiger partial charge in [0.25, 0.3) is 0 Å². The Kier molecular flexibility index (Phi) is 4.04. The van der Waals surface area contributed by atoms with Crippen LogP contribution >= 0.6 is 0 Å². The number of piperidine rings is 1. The Morgan fingerprint density at radius 3 is 2.68 bits per heavy atom. The number of aryl methyl sites for hydroxylation is 1. The summed E-state index contributed by atoms with van der Waals surface area (Å²) in [6.07, 6.45) is -3.34. The van der Waals surface area contributed by atoms with Crippen molar-refractivity contribution in [1.29, 1.82) is 0 Å². The normalized spacial score (nSPS) is 20.7. The molecule has 0 aromatic heterocycles. The van der Waals surface area contributed by atoms with Crippen molar-refractivity contribution < 1.29 is 18.3 Å². The number of anilines is 1. The number of halogens is 3. The number of hydrogen-bond donors (Lipinski definition) is 1. The van der Waals surface area contributed by atoms with Crippen LogP contribution < -0.4 is 4.90 Å². The monoisotopic (exact) mass is 273 g/mol. The fraction of sp³-hybridized carbons (Fsp3) is 0.571. The standard InChI is InChI=1S/C14H18F3NO/c1-10-7-13(5-4-11(10)9-19)18-6-2-3-12(8-18)14(15,16)17/h4-5,7,12,19H,2-3,6,8-9H2,1H3. The van der Waals surface area contributed by atoms with E-state index in [1.165, 1.54) is 0 Å². The molecule has 0 amide bonds. The van der Waals surface area contributed by atoms with Crippen LogP contribution in [0, 0.1) is 12.8 Å². The number of nitrogens with zero attached hydrogens (tertiary/aromatic N) is 1. The quantitative estimate of drug-likeness (QED) is 0.894. The third-order valence-corrected chi connectivity index (χ3v) is 3.75. The smallest absolute Gasteiger partial charge is 0.392 e. The summed E-state index contributed by atoms with van der Waals surface area (Å²) < 4.78 is 38.3. The van der Waals surface area contributed by atoms with Gasteiger partial charge in [0.1, 0.15) is 0 Å². The molecule has 19 heavy (non-hydrogen) atoms. The highest BCUT2D eigenvalue weighted by atomic mass is 19.4. The van der Waals surface area contributed by atoms with Crippen LogP contribution in [0.2, 0.25) is 0 Å². The molecule has 2 rings (SSSR count). The maximum atomic E-state index is 12.8.